The Balaban J connectivity index is 1.67. The maximum Gasteiger partial charge on any atom is 0.234 e. The molecule has 1 heterocycles. The minimum Gasteiger partial charge on any atom is -0.323 e. The third kappa shape index (κ3) is 3.22. The van der Waals surface area contributed by atoms with Gasteiger partial charge in [-0.25, -0.2) is 0 Å². The van der Waals surface area contributed by atoms with Crippen molar-refractivity contribution in [3.05, 3.63) is 48.0 Å². The van der Waals surface area contributed by atoms with Crippen LogP contribution in [0.25, 0.3) is 11.0 Å². The lowest BCUT2D eigenvalue weighted by atomic mass is 10.2. The number of nitrogens with one attached hydrogen (secondary N) is 1. The lowest BCUT2D eigenvalue weighted by molar-refractivity contribution is -0.113. The molecule has 4 nitrogen and oxygen atoms in total. The summed E-state index contributed by atoms with van der Waals surface area (Å²) in [4.78, 5) is 13.2. The van der Waals surface area contributed by atoms with Gasteiger partial charge in [0.25, 0.3) is 0 Å². The van der Waals surface area contributed by atoms with Gasteiger partial charge in [0.05, 0.1) is 23.2 Å². The van der Waals surface area contributed by atoms with Crippen molar-refractivity contribution >= 4 is 46.1 Å². The third-order valence-corrected chi connectivity index (χ3v) is 4.73. The number of rotatable bonds is 4. The van der Waals surface area contributed by atoms with Crippen LogP contribution in [-0.4, -0.2) is 20.4 Å². The zero-order valence-electron chi connectivity index (χ0n) is 11.4. The molecule has 0 unspecified atom stereocenters. The smallest absolute Gasteiger partial charge is 0.234 e. The van der Waals surface area contributed by atoms with Crippen LogP contribution < -0.4 is 5.32 Å². The van der Waals surface area contributed by atoms with E-state index >= 15 is 0 Å². The first kappa shape index (κ1) is 14.0. The van der Waals surface area contributed by atoms with E-state index in [0.29, 0.717) is 5.75 Å². The van der Waals surface area contributed by atoms with E-state index in [1.807, 2.05) is 49.4 Å². The van der Waals surface area contributed by atoms with E-state index in [1.165, 1.54) is 17.3 Å². The Morgan fingerprint density at radius 2 is 2.05 bits per heavy atom. The number of carbonyl (C=O) groups is 1. The molecule has 0 fully saturated rings. The van der Waals surface area contributed by atoms with Gasteiger partial charge in [-0.15, -0.1) is 11.8 Å². The zero-order chi connectivity index (χ0) is 14.7. The number of hydrogen-bond donors (Lipinski definition) is 1. The number of fused-ring (bicyclic) bond motifs is 1. The summed E-state index contributed by atoms with van der Waals surface area (Å²) in [5, 5.41) is 2.91. The Bertz CT molecular complexity index is 785. The van der Waals surface area contributed by atoms with Crippen LogP contribution in [0.3, 0.4) is 0 Å². The summed E-state index contributed by atoms with van der Waals surface area (Å²) in [7, 11) is 0. The molecule has 1 amide bonds. The molecule has 0 atom stereocenters. The molecule has 0 spiro atoms. The highest BCUT2D eigenvalue weighted by Gasteiger charge is 2.09. The SMILES string of the molecule is Cc1ccccc1SCC(=O)Nc1cccc2nsnc12. The maximum atomic E-state index is 12.1. The Morgan fingerprint density at radius 3 is 2.90 bits per heavy atom. The van der Waals surface area contributed by atoms with Crippen LogP contribution in [0.15, 0.2) is 47.4 Å². The van der Waals surface area contributed by atoms with Crippen LogP contribution in [-0.2, 0) is 4.79 Å². The Kier molecular flexibility index (Phi) is 4.17. The van der Waals surface area contributed by atoms with Gasteiger partial charge in [0.2, 0.25) is 5.91 Å². The summed E-state index contributed by atoms with van der Waals surface area (Å²) in [6, 6.07) is 13.6. The van der Waals surface area contributed by atoms with Crippen molar-refractivity contribution in [1.29, 1.82) is 0 Å². The zero-order valence-corrected chi connectivity index (χ0v) is 13.0. The average molecular weight is 315 g/mol. The van der Waals surface area contributed by atoms with Gasteiger partial charge in [0, 0.05) is 4.90 Å². The van der Waals surface area contributed by atoms with E-state index in [-0.39, 0.29) is 5.91 Å². The molecular weight excluding hydrogens is 302 g/mol. The molecule has 6 heteroatoms. The summed E-state index contributed by atoms with van der Waals surface area (Å²) < 4.78 is 8.38. The molecule has 0 radical (unpaired) electrons. The maximum absolute atomic E-state index is 12.1. The predicted molar refractivity (Wildman–Crippen MR) is 87.9 cm³/mol. The summed E-state index contributed by atoms with van der Waals surface area (Å²) in [5.74, 6) is 0.336. The molecule has 1 N–H and O–H groups in total. The summed E-state index contributed by atoms with van der Waals surface area (Å²) >= 11 is 2.69. The van der Waals surface area contributed by atoms with Crippen LogP contribution >= 0.6 is 23.5 Å². The van der Waals surface area contributed by atoms with Crippen LogP contribution in [0.4, 0.5) is 5.69 Å². The molecular formula is C15H13N3OS2. The molecule has 0 aliphatic rings. The largest absolute Gasteiger partial charge is 0.323 e. The highest BCUT2D eigenvalue weighted by Crippen LogP contribution is 2.24. The van der Waals surface area contributed by atoms with Crippen LogP contribution in [0.5, 0.6) is 0 Å². The molecule has 0 aliphatic heterocycles. The molecule has 0 saturated heterocycles. The van der Waals surface area contributed by atoms with E-state index in [2.05, 4.69) is 14.1 Å². The molecule has 3 rings (SSSR count). The number of carbonyl (C=O) groups excluding carboxylic acids is 1. The third-order valence-electron chi connectivity index (χ3n) is 3.01. The topological polar surface area (TPSA) is 54.9 Å². The summed E-state index contributed by atoms with van der Waals surface area (Å²) in [6.45, 7) is 2.04. The lowest BCUT2D eigenvalue weighted by Gasteiger charge is -2.07. The van der Waals surface area contributed by atoms with Gasteiger partial charge >= 0.3 is 0 Å². The lowest BCUT2D eigenvalue weighted by Crippen LogP contribution is -2.14. The minimum absolute atomic E-state index is 0.0382. The van der Waals surface area contributed by atoms with Gasteiger partial charge < -0.3 is 5.32 Å². The second kappa shape index (κ2) is 6.24. The number of aryl methyl sites for hydroxylation is 1. The molecule has 0 bridgehead atoms. The molecule has 106 valence electrons. The fourth-order valence-corrected chi connectivity index (χ4v) is 3.33. The van der Waals surface area contributed by atoms with Crippen molar-refractivity contribution in [2.45, 2.75) is 11.8 Å². The van der Waals surface area contributed by atoms with E-state index in [9.17, 15) is 4.79 Å². The normalized spacial score (nSPS) is 10.7. The predicted octanol–water partition coefficient (Wildman–Crippen LogP) is 3.73. The van der Waals surface area contributed by atoms with Crippen molar-refractivity contribution in [3.8, 4) is 0 Å². The van der Waals surface area contributed by atoms with Crippen LogP contribution in [0, 0.1) is 6.92 Å². The number of amides is 1. The minimum atomic E-state index is -0.0382. The van der Waals surface area contributed by atoms with Crippen LogP contribution in [0.1, 0.15) is 5.56 Å². The number of anilines is 1. The molecule has 3 aromatic rings. The van der Waals surface area contributed by atoms with Crippen molar-refractivity contribution in [3.63, 3.8) is 0 Å². The van der Waals surface area contributed by atoms with E-state index in [0.717, 1.165) is 33.3 Å². The fourth-order valence-electron chi connectivity index (χ4n) is 1.95. The highest BCUT2D eigenvalue weighted by molar-refractivity contribution is 8.00. The summed E-state index contributed by atoms with van der Waals surface area (Å²) in [6.07, 6.45) is 0. The van der Waals surface area contributed by atoms with Crippen molar-refractivity contribution in [2.75, 3.05) is 11.1 Å². The summed E-state index contributed by atoms with van der Waals surface area (Å²) in [5.41, 5.74) is 3.46. The average Bonchev–Trinajstić information content (AvgIpc) is 2.96. The molecule has 0 aliphatic carbocycles. The van der Waals surface area contributed by atoms with E-state index in [4.69, 9.17) is 0 Å². The highest BCUT2D eigenvalue weighted by atomic mass is 32.2. The number of benzene rings is 2. The van der Waals surface area contributed by atoms with Gasteiger partial charge in [0.1, 0.15) is 11.0 Å². The van der Waals surface area contributed by atoms with E-state index in [1.54, 1.807) is 0 Å². The number of aromatic nitrogens is 2. The first-order valence-corrected chi connectivity index (χ1v) is 8.15. The molecule has 2 aromatic carbocycles. The van der Waals surface area contributed by atoms with Crippen LogP contribution in [0.2, 0.25) is 0 Å². The van der Waals surface area contributed by atoms with Gasteiger partial charge in [-0.3, -0.25) is 4.79 Å². The Hall–Kier alpha value is -1.92. The molecule has 21 heavy (non-hydrogen) atoms. The number of hydrogen-bond acceptors (Lipinski definition) is 5. The fraction of sp³-hybridized carbons (Fsp3) is 0.133. The Morgan fingerprint density at radius 1 is 1.19 bits per heavy atom. The number of thioether (sulfide) groups is 1. The quantitative estimate of drug-likeness (QED) is 0.745. The van der Waals surface area contributed by atoms with Crippen molar-refractivity contribution in [2.24, 2.45) is 0 Å². The van der Waals surface area contributed by atoms with Gasteiger partial charge in [-0.2, -0.15) is 8.75 Å². The number of nitrogens with zero attached hydrogens (tertiary/aromatic N) is 2. The molecule has 1 aromatic heterocycles. The van der Waals surface area contributed by atoms with Gasteiger partial charge in [0.15, 0.2) is 0 Å². The standard InChI is InChI=1S/C15H13N3OS2/c1-10-5-2-3-8-13(10)20-9-14(19)16-11-6-4-7-12-15(11)18-21-17-12/h2-8H,9H2,1H3,(H,16,19). The Labute approximate surface area is 130 Å². The second-order valence-corrected chi connectivity index (χ2v) is 6.09. The van der Waals surface area contributed by atoms with Gasteiger partial charge in [-0.05, 0) is 30.7 Å². The first-order valence-electron chi connectivity index (χ1n) is 6.43. The van der Waals surface area contributed by atoms with Crippen molar-refractivity contribution < 1.29 is 4.79 Å². The second-order valence-electron chi connectivity index (χ2n) is 4.54. The van der Waals surface area contributed by atoms with Gasteiger partial charge in [-0.1, -0.05) is 24.3 Å². The van der Waals surface area contributed by atoms with Crippen molar-refractivity contribution in [1.82, 2.24) is 8.75 Å². The first-order chi connectivity index (χ1) is 10.2. The van der Waals surface area contributed by atoms with E-state index < -0.39 is 0 Å². The monoisotopic (exact) mass is 315 g/mol. The molecule has 0 saturated carbocycles.